The Morgan fingerprint density at radius 2 is 1.82 bits per heavy atom. The minimum atomic E-state index is 0.273. The van der Waals surface area contributed by atoms with E-state index >= 15 is 0 Å². The number of rotatable bonds is 4. The normalized spacial score (nSPS) is 16.8. The van der Waals surface area contributed by atoms with E-state index in [1.165, 1.54) is 11.3 Å². The number of piperidine rings is 1. The fourth-order valence-electron chi connectivity index (χ4n) is 5.42. The van der Waals surface area contributed by atoms with Gasteiger partial charge in [0.1, 0.15) is 13.7 Å². The van der Waals surface area contributed by atoms with Crippen LogP contribution < -0.4 is 15.7 Å². The number of anilines is 2. The molecule has 2 aliphatic rings. The van der Waals surface area contributed by atoms with Crippen LogP contribution in [0.1, 0.15) is 29.7 Å². The van der Waals surface area contributed by atoms with Crippen LogP contribution in [0.3, 0.4) is 0 Å². The van der Waals surface area contributed by atoms with Crippen LogP contribution in [0.25, 0.3) is 5.65 Å². The Kier molecular flexibility index (Phi) is 5.24. The zero-order chi connectivity index (χ0) is 23.3. The summed E-state index contributed by atoms with van der Waals surface area (Å²) in [6, 6.07) is 3.97. The number of pyridine rings is 2. The number of hydrogen-bond donors (Lipinski definition) is 1. The third kappa shape index (κ3) is 3.53. The number of nitrogens with one attached hydrogen (secondary N) is 1. The lowest BCUT2D eigenvalue weighted by Crippen LogP contribution is -2.42. The van der Waals surface area contributed by atoms with Crippen molar-refractivity contribution in [2.24, 2.45) is 5.41 Å². The van der Waals surface area contributed by atoms with Gasteiger partial charge in [-0.15, -0.1) is 0 Å². The molecule has 0 atom stereocenters. The molecule has 170 valence electrons. The first kappa shape index (κ1) is 21.5. The smallest absolute Gasteiger partial charge is 0.211 e. The molecule has 2 radical (unpaired) electrons. The zero-order valence-electron chi connectivity index (χ0n) is 19.5. The lowest BCUT2D eigenvalue weighted by molar-refractivity contribution is 0.230. The van der Waals surface area contributed by atoms with Gasteiger partial charge < -0.3 is 10.2 Å². The predicted octanol–water partition coefficient (Wildman–Crippen LogP) is 3.20. The molecule has 5 heterocycles. The molecule has 0 bridgehead atoms. The molecule has 6 rings (SSSR count). The van der Waals surface area contributed by atoms with Crippen LogP contribution in [0.15, 0.2) is 52.9 Å². The van der Waals surface area contributed by atoms with Gasteiger partial charge in [0, 0.05) is 67.3 Å². The van der Waals surface area contributed by atoms with E-state index in [-0.39, 0.29) is 5.41 Å². The van der Waals surface area contributed by atoms with E-state index in [9.17, 15) is 0 Å². The van der Waals surface area contributed by atoms with Crippen LogP contribution in [-0.4, -0.2) is 52.3 Å². The van der Waals surface area contributed by atoms with Crippen molar-refractivity contribution < 1.29 is 0 Å². The number of nitrogens with zero attached hydrogens (tertiary/aromatic N) is 6. The van der Waals surface area contributed by atoms with Crippen molar-refractivity contribution in [3.8, 4) is 0 Å². The molecule has 4 aromatic rings. The number of imidazole rings is 1. The minimum Gasteiger partial charge on any atom is -0.373 e. The van der Waals surface area contributed by atoms with Crippen molar-refractivity contribution in [1.82, 2.24) is 24.3 Å². The van der Waals surface area contributed by atoms with Crippen molar-refractivity contribution in [3.63, 3.8) is 0 Å². The molecule has 0 amide bonds. The zero-order valence-corrected chi connectivity index (χ0v) is 20.3. The maximum atomic E-state index is 6.25. The molecule has 0 aromatic carbocycles. The topological polar surface area (TPSA) is 71.2 Å². The largest absolute Gasteiger partial charge is 0.373 e. The first-order valence-electron chi connectivity index (χ1n) is 11.7. The highest BCUT2D eigenvalue weighted by Gasteiger charge is 2.41. The molecule has 7 nitrogen and oxygen atoms in total. The van der Waals surface area contributed by atoms with E-state index in [4.69, 9.17) is 12.8 Å². The molecule has 0 unspecified atom stereocenters. The summed E-state index contributed by atoms with van der Waals surface area (Å²) in [5, 5.41) is 3.16. The fourth-order valence-corrected chi connectivity index (χ4v) is 6.39. The van der Waals surface area contributed by atoms with Crippen molar-refractivity contribution in [2.45, 2.75) is 42.4 Å². The third-order valence-corrected chi connectivity index (χ3v) is 8.54. The molecule has 1 aliphatic heterocycles. The number of hydrogen-bond acceptors (Lipinski definition) is 7. The number of fused-ring (bicyclic) bond motifs is 2. The highest BCUT2D eigenvalue weighted by atomic mass is 32.2. The highest BCUT2D eigenvalue weighted by Crippen LogP contribution is 2.44. The average molecular weight is 467 g/mol. The first-order valence-corrected chi connectivity index (χ1v) is 12.5. The maximum Gasteiger partial charge on any atom is 0.211 e. The van der Waals surface area contributed by atoms with Crippen LogP contribution in [0.4, 0.5) is 11.8 Å². The van der Waals surface area contributed by atoms with E-state index in [2.05, 4.69) is 36.5 Å². The Hall–Kier alpha value is -3.07. The Labute approximate surface area is 204 Å². The van der Waals surface area contributed by atoms with Crippen molar-refractivity contribution >= 4 is 42.5 Å². The van der Waals surface area contributed by atoms with Gasteiger partial charge in [-0.3, -0.25) is 9.38 Å². The Morgan fingerprint density at radius 1 is 1.00 bits per heavy atom. The summed E-state index contributed by atoms with van der Waals surface area (Å²) in [6.07, 6.45) is 13.8. The second kappa shape index (κ2) is 8.30. The second-order valence-corrected chi connectivity index (χ2v) is 10.4. The molecule has 1 aliphatic carbocycles. The lowest BCUT2D eigenvalue weighted by Gasteiger charge is -2.39. The van der Waals surface area contributed by atoms with Crippen LogP contribution in [0.5, 0.6) is 0 Å². The van der Waals surface area contributed by atoms with Crippen LogP contribution in [0, 0.1) is 12.3 Å². The first-order chi connectivity index (χ1) is 16.6. The van der Waals surface area contributed by atoms with E-state index in [0.29, 0.717) is 0 Å². The Bertz CT molecular complexity index is 1380. The summed E-state index contributed by atoms with van der Waals surface area (Å²) in [6.45, 7) is 4.02. The second-order valence-electron chi connectivity index (χ2n) is 9.34. The van der Waals surface area contributed by atoms with Gasteiger partial charge in [-0.1, -0.05) is 23.3 Å². The summed E-state index contributed by atoms with van der Waals surface area (Å²) < 4.78 is 2.12. The highest BCUT2D eigenvalue weighted by molar-refractivity contribution is 7.99. The van der Waals surface area contributed by atoms with Gasteiger partial charge in [0.05, 0.1) is 4.90 Å². The van der Waals surface area contributed by atoms with Crippen LogP contribution in [-0.2, 0) is 12.8 Å². The van der Waals surface area contributed by atoms with Gasteiger partial charge in [-0.25, -0.2) is 15.0 Å². The molecule has 34 heavy (non-hydrogen) atoms. The molecule has 9 heteroatoms. The van der Waals surface area contributed by atoms with Gasteiger partial charge in [0.15, 0.2) is 5.65 Å². The van der Waals surface area contributed by atoms with E-state index in [0.717, 1.165) is 77.0 Å². The summed E-state index contributed by atoms with van der Waals surface area (Å²) in [5.74, 6) is 1.85. The molecule has 0 saturated carbocycles. The summed E-state index contributed by atoms with van der Waals surface area (Å²) in [7, 11) is 8.14. The molecular formula is C25H26BN7S. The minimum absolute atomic E-state index is 0.273. The van der Waals surface area contributed by atoms with Gasteiger partial charge >= 0.3 is 0 Å². The van der Waals surface area contributed by atoms with Crippen molar-refractivity contribution in [3.05, 3.63) is 59.9 Å². The average Bonchev–Trinajstić information content (AvgIpc) is 3.48. The molecule has 1 spiro atoms. The quantitative estimate of drug-likeness (QED) is 0.463. The molecule has 4 aromatic heterocycles. The SMILES string of the molecule is [B]c1ccnc2c1CC1(CCN(c3ncc(Sc4ccnc(NC)c4C)c4nccn34)CC1)C2. The lowest BCUT2D eigenvalue weighted by atomic mass is 9.75. The van der Waals surface area contributed by atoms with Gasteiger partial charge in [0.25, 0.3) is 0 Å². The van der Waals surface area contributed by atoms with Crippen LogP contribution >= 0.6 is 11.8 Å². The summed E-state index contributed by atoms with van der Waals surface area (Å²) in [5.41, 5.74) is 5.68. The summed E-state index contributed by atoms with van der Waals surface area (Å²) >= 11 is 1.68. The molecule has 1 saturated heterocycles. The van der Waals surface area contributed by atoms with E-state index in [1.807, 2.05) is 50.2 Å². The molecule has 1 fully saturated rings. The van der Waals surface area contributed by atoms with E-state index in [1.54, 1.807) is 11.8 Å². The maximum absolute atomic E-state index is 6.25. The van der Waals surface area contributed by atoms with Gasteiger partial charge in [-0.05, 0) is 49.7 Å². The van der Waals surface area contributed by atoms with Gasteiger partial charge in [-0.2, -0.15) is 0 Å². The predicted molar refractivity (Wildman–Crippen MR) is 137 cm³/mol. The standard InChI is InChI=1S/C25H26BN7S/c1-16-20(4-8-29-22(16)27-2)34-21-15-31-24(33-12-9-30-23(21)33)32-10-5-25(6-11-32)13-17-18(26)3-7-28-19(17)14-25/h3-4,7-9,12,15H,5-6,10-11,13-14H2,1-2H3,(H,27,29). The van der Waals surface area contributed by atoms with Crippen molar-refractivity contribution in [1.29, 1.82) is 0 Å². The molecular weight excluding hydrogens is 441 g/mol. The third-order valence-electron chi connectivity index (χ3n) is 7.37. The summed E-state index contributed by atoms with van der Waals surface area (Å²) in [4.78, 5) is 23.2. The van der Waals surface area contributed by atoms with Gasteiger partial charge in [0.2, 0.25) is 5.95 Å². The van der Waals surface area contributed by atoms with Crippen molar-refractivity contribution in [2.75, 3.05) is 30.4 Å². The Morgan fingerprint density at radius 3 is 2.62 bits per heavy atom. The fraction of sp³-hybridized carbons (Fsp3) is 0.360. The Balaban J connectivity index is 1.24. The monoisotopic (exact) mass is 467 g/mol. The van der Waals surface area contributed by atoms with E-state index < -0.39 is 0 Å². The molecule has 1 N–H and O–H groups in total. The number of aromatic nitrogens is 5. The van der Waals surface area contributed by atoms with Crippen LogP contribution in [0.2, 0.25) is 0 Å².